The van der Waals surface area contributed by atoms with Crippen LogP contribution >= 0.6 is 0 Å². The number of carbonyl (C=O) groups excluding carboxylic acids is 3. The Bertz CT molecular complexity index is 1310. The van der Waals surface area contributed by atoms with E-state index in [9.17, 15) is 14.4 Å². The topological polar surface area (TPSA) is 94.2 Å². The Hall–Kier alpha value is -4.17. The van der Waals surface area contributed by atoms with E-state index in [1.165, 1.54) is 19.1 Å². The van der Waals surface area contributed by atoms with Gasteiger partial charge in [-0.3, -0.25) is 14.9 Å². The van der Waals surface area contributed by atoms with Crippen LogP contribution in [0.25, 0.3) is 0 Å². The number of para-hydroxylation sites is 1. The highest BCUT2D eigenvalue weighted by molar-refractivity contribution is 6.24. The number of fused-ring (bicyclic) bond motifs is 1. The largest absolute Gasteiger partial charge is 0.497 e. The molecule has 0 spiro atoms. The maximum Gasteiger partial charge on any atom is 0.331 e. The number of hydrogen-bond donors (Lipinski definition) is 1. The van der Waals surface area contributed by atoms with Crippen LogP contribution in [-0.2, 0) is 24.7 Å². The summed E-state index contributed by atoms with van der Waals surface area (Å²) in [5.41, 5.74) is 0.0326. The number of rotatable bonds is 6. The van der Waals surface area contributed by atoms with Gasteiger partial charge in [0.2, 0.25) is 11.8 Å². The summed E-state index contributed by atoms with van der Waals surface area (Å²) in [4.78, 5) is 42.8. The number of benzene rings is 3. The van der Waals surface area contributed by atoms with Gasteiger partial charge in [0.15, 0.2) is 5.54 Å². The van der Waals surface area contributed by atoms with E-state index in [-0.39, 0.29) is 0 Å². The molecule has 184 valence electrons. The standard InChI is InChI=1S/C28H26N2O6/c1-34-19-14-15-20(21(16-19)35-2)24-22-23(26(32)30(25(22)31)18-12-8-5-9-13-18)28(29-24,27(33)36-3)17-10-6-4-7-11-17/h4-16,22-24,29H,1-3H3/t22-,23-,24-,28-/m0/s1. The number of esters is 1. The van der Waals surface area contributed by atoms with Crippen molar-refractivity contribution in [2.45, 2.75) is 11.6 Å². The molecule has 2 heterocycles. The van der Waals surface area contributed by atoms with Gasteiger partial charge in [-0.1, -0.05) is 54.6 Å². The number of methoxy groups -OCH3 is 3. The van der Waals surface area contributed by atoms with E-state index >= 15 is 0 Å². The molecule has 1 N–H and O–H groups in total. The van der Waals surface area contributed by atoms with Gasteiger partial charge in [0.25, 0.3) is 0 Å². The highest BCUT2D eigenvalue weighted by atomic mass is 16.5. The van der Waals surface area contributed by atoms with Crippen LogP contribution in [0.5, 0.6) is 11.5 Å². The predicted molar refractivity (Wildman–Crippen MR) is 131 cm³/mol. The summed E-state index contributed by atoms with van der Waals surface area (Å²) < 4.78 is 16.2. The van der Waals surface area contributed by atoms with E-state index in [1.807, 2.05) is 12.1 Å². The molecule has 0 aliphatic carbocycles. The second-order valence-corrected chi connectivity index (χ2v) is 8.75. The number of ether oxygens (including phenoxy) is 3. The van der Waals surface area contributed by atoms with E-state index in [0.29, 0.717) is 28.3 Å². The van der Waals surface area contributed by atoms with Gasteiger partial charge in [-0.25, -0.2) is 9.69 Å². The van der Waals surface area contributed by atoms with Crippen LogP contribution in [0.3, 0.4) is 0 Å². The highest BCUT2D eigenvalue weighted by Gasteiger charge is 2.70. The summed E-state index contributed by atoms with van der Waals surface area (Å²) >= 11 is 0. The SMILES string of the molecule is COC(=O)[C@@]1(c2ccccc2)N[C@@H](c2ccc(OC)cc2OC)[C@H]2C(=O)N(c3ccccc3)C(=O)[C@H]21. The second-order valence-electron chi connectivity index (χ2n) is 8.75. The molecule has 2 aliphatic heterocycles. The number of anilines is 1. The minimum Gasteiger partial charge on any atom is -0.497 e. The summed E-state index contributed by atoms with van der Waals surface area (Å²) in [5.74, 6) is -2.39. The molecular formula is C28H26N2O6. The first-order valence-corrected chi connectivity index (χ1v) is 11.5. The average Bonchev–Trinajstić information content (AvgIpc) is 3.42. The molecule has 8 heteroatoms. The normalized spacial score (nSPS) is 25.0. The van der Waals surface area contributed by atoms with Gasteiger partial charge in [0, 0.05) is 17.7 Å². The fourth-order valence-electron chi connectivity index (χ4n) is 5.51. The second kappa shape index (κ2) is 9.13. The van der Waals surface area contributed by atoms with Gasteiger partial charge in [-0.15, -0.1) is 0 Å². The Morgan fingerprint density at radius 1 is 0.861 bits per heavy atom. The Kier molecular flexibility index (Phi) is 5.97. The molecule has 2 aliphatic rings. The lowest BCUT2D eigenvalue weighted by molar-refractivity contribution is -0.152. The molecule has 2 amide bonds. The summed E-state index contributed by atoms with van der Waals surface area (Å²) in [5, 5.41) is 3.37. The lowest BCUT2D eigenvalue weighted by Gasteiger charge is -2.33. The van der Waals surface area contributed by atoms with E-state index < -0.39 is 41.2 Å². The number of carbonyl (C=O) groups is 3. The molecule has 3 aromatic carbocycles. The molecule has 3 aromatic rings. The molecule has 0 unspecified atom stereocenters. The zero-order valence-corrected chi connectivity index (χ0v) is 20.1. The van der Waals surface area contributed by atoms with E-state index in [1.54, 1.807) is 73.8 Å². The lowest BCUT2D eigenvalue weighted by atomic mass is 9.75. The predicted octanol–water partition coefficient (Wildman–Crippen LogP) is 3.22. The number of amides is 2. The van der Waals surface area contributed by atoms with Gasteiger partial charge in [-0.2, -0.15) is 0 Å². The first kappa shape index (κ1) is 23.6. The van der Waals surface area contributed by atoms with Crippen molar-refractivity contribution in [2.75, 3.05) is 26.2 Å². The number of nitrogens with zero attached hydrogens (tertiary/aromatic N) is 1. The van der Waals surface area contributed by atoms with Crippen molar-refractivity contribution in [2.24, 2.45) is 11.8 Å². The third-order valence-corrected chi connectivity index (χ3v) is 7.09. The third-order valence-electron chi connectivity index (χ3n) is 7.09. The van der Waals surface area contributed by atoms with Gasteiger partial charge >= 0.3 is 5.97 Å². The number of nitrogens with one attached hydrogen (secondary N) is 1. The monoisotopic (exact) mass is 486 g/mol. The third kappa shape index (κ3) is 3.37. The van der Waals surface area contributed by atoms with Crippen LogP contribution in [-0.4, -0.2) is 39.1 Å². The number of hydrogen-bond acceptors (Lipinski definition) is 7. The Labute approximate surface area is 208 Å². The fraction of sp³-hybridized carbons (Fsp3) is 0.250. The van der Waals surface area contributed by atoms with Gasteiger partial charge in [0.1, 0.15) is 11.5 Å². The Balaban J connectivity index is 1.75. The van der Waals surface area contributed by atoms with Gasteiger partial charge < -0.3 is 14.2 Å². The molecule has 2 saturated heterocycles. The van der Waals surface area contributed by atoms with Crippen molar-refractivity contribution in [3.63, 3.8) is 0 Å². The van der Waals surface area contributed by atoms with E-state index in [4.69, 9.17) is 14.2 Å². The molecular weight excluding hydrogens is 460 g/mol. The van der Waals surface area contributed by atoms with Crippen molar-refractivity contribution < 1.29 is 28.6 Å². The van der Waals surface area contributed by atoms with Gasteiger partial charge in [0.05, 0.1) is 38.9 Å². The first-order chi connectivity index (χ1) is 17.5. The van der Waals surface area contributed by atoms with E-state index in [2.05, 4.69) is 5.32 Å². The van der Waals surface area contributed by atoms with Crippen LogP contribution in [0.4, 0.5) is 5.69 Å². The number of imide groups is 1. The highest BCUT2D eigenvalue weighted by Crippen LogP contribution is 2.55. The van der Waals surface area contributed by atoms with Crippen LogP contribution in [0, 0.1) is 11.8 Å². The zero-order valence-electron chi connectivity index (χ0n) is 20.1. The summed E-state index contributed by atoms with van der Waals surface area (Å²) in [6.07, 6.45) is 0. The molecule has 4 atom stereocenters. The van der Waals surface area contributed by atoms with Crippen LogP contribution in [0.1, 0.15) is 17.2 Å². The Morgan fingerprint density at radius 3 is 2.14 bits per heavy atom. The molecule has 0 radical (unpaired) electrons. The van der Waals surface area contributed by atoms with Crippen LogP contribution in [0.2, 0.25) is 0 Å². The molecule has 8 nitrogen and oxygen atoms in total. The fourth-order valence-corrected chi connectivity index (χ4v) is 5.51. The maximum absolute atomic E-state index is 14.0. The molecule has 2 fully saturated rings. The van der Waals surface area contributed by atoms with E-state index in [0.717, 1.165) is 0 Å². The summed E-state index contributed by atoms with van der Waals surface area (Å²) in [6, 6.07) is 22.2. The lowest BCUT2D eigenvalue weighted by Crippen LogP contribution is -2.53. The van der Waals surface area contributed by atoms with Crippen molar-refractivity contribution >= 4 is 23.5 Å². The minimum absolute atomic E-state index is 0.395. The van der Waals surface area contributed by atoms with Crippen molar-refractivity contribution in [3.05, 3.63) is 90.0 Å². The molecule has 36 heavy (non-hydrogen) atoms. The molecule has 0 bridgehead atoms. The summed E-state index contributed by atoms with van der Waals surface area (Å²) in [7, 11) is 4.35. The van der Waals surface area contributed by atoms with Crippen molar-refractivity contribution in [1.29, 1.82) is 0 Å². The summed E-state index contributed by atoms with van der Waals surface area (Å²) in [6.45, 7) is 0. The first-order valence-electron chi connectivity index (χ1n) is 11.5. The van der Waals surface area contributed by atoms with Crippen molar-refractivity contribution in [1.82, 2.24) is 5.32 Å². The molecule has 0 saturated carbocycles. The molecule has 5 rings (SSSR count). The van der Waals surface area contributed by atoms with Crippen molar-refractivity contribution in [3.8, 4) is 11.5 Å². The Morgan fingerprint density at radius 2 is 1.53 bits per heavy atom. The zero-order chi connectivity index (χ0) is 25.4. The average molecular weight is 487 g/mol. The molecule has 0 aromatic heterocycles. The van der Waals surface area contributed by atoms with Crippen LogP contribution in [0.15, 0.2) is 78.9 Å². The quantitative estimate of drug-likeness (QED) is 0.422. The minimum atomic E-state index is -1.59. The maximum atomic E-state index is 14.0. The van der Waals surface area contributed by atoms with Gasteiger partial charge in [-0.05, 0) is 23.8 Å². The van der Waals surface area contributed by atoms with Crippen LogP contribution < -0.4 is 19.7 Å². The smallest absolute Gasteiger partial charge is 0.331 e.